The Hall–Kier alpha value is -0.580. The van der Waals surface area contributed by atoms with Crippen LogP contribution in [-0.4, -0.2) is 24.9 Å². The van der Waals surface area contributed by atoms with E-state index in [-0.39, 0.29) is 6.10 Å². The Balaban J connectivity index is 2.46. The van der Waals surface area contributed by atoms with Gasteiger partial charge in [0.25, 0.3) is 0 Å². The summed E-state index contributed by atoms with van der Waals surface area (Å²) < 4.78 is 12.0. The summed E-state index contributed by atoms with van der Waals surface area (Å²) in [7, 11) is 1.64. The zero-order valence-electron chi connectivity index (χ0n) is 11.0. The first kappa shape index (κ1) is 13.8. The molecule has 3 nitrogen and oxygen atoms in total. The lowest BCUT2D eigenvalue weighted by molar-refractivity contribution is -0.00401. The summed E-state index contributed by atoms with van der Waals surface area (Å²) in [5.74, 6) is 0.763. The maximum atomic E-state index is 10.5. The minimum atomic E-state index is -0.626. The van der Waals surface area contributed by atoms with Gasteiger partial charge in [0, 0.05) is 16.6 Å². The van der Waals surface area contributed by atoms with E-state index in [0.717, 1.165) is 46.4 Å². The topological polar surface area (TPSA) is 38.7 Å². The molecule has 100 valence electrons. The monoisotopic (exact) mass is 314 g/mol. The van der Waals surface area contributed by atoms with Gasteiger partial charge in [0.2, 0.25) is 0 Å². The van der Waals surface area contributed by atoms with Crippen molar-refractivity contribution in [3.8, 4) is 5.75 Å². The summed E-state index contributed by atoms with van der Waals surface area (Å²) in [6.45, 7) is 4.70. The highest BCUT2D eigenvalue weighted by Crippen LogP contribution is 2.39. The molecular weight excluding hydrogens is 296 g/mol. The van der Waals surface area contributed by atoms with E-state index in [1.54, 1.807) is 7.11 Å². The highest BCUT2D eigenvalue weighted by atomic mass is 79.9. The van der Waals surface area contributed by atoms with Crippen LogP contribution in [0.25, 0.3) is 0 Å². The quantitative estimate of drug-likeness (QED) is 0.930. The van der Waals surface area contributed by atoms with Gasteiger partial charge in [-0.25, -0.2) is 0 Å². The molecule has 0 saturated carbocycles. The Morgan fingerprint density at radius 3 is 2.78 bits per heavy atom. The number of methoxy groups -OCH3 is 1. The largest absolute Gasteiger partial charge is 0.496 e. The van der Waals surface area contributed by atoms with Crippen molar-refractivity contribution in [3.63, 3.8) is 0 Å². The minimum Gasteiger partial charge on any atom is -0.496 e. The average Bonchev–Trinajstić information content (AvgIpc) is 2.86. The van der Waals surface area contributed by atoms with E-state index < -0.39 is 6.10 Å². The molecule has 0 aliphatic carbocycles. The van der Waals surface area contributed by atoms with E-state index in [1.807, 2.05) is 19.9 Å². The predicted octanol–water partition coefficient (Wildman–Crippen LogP) is 3.29. The second-order valence-corrected chi connectivity index (χ2v) is 5.60. The van der Waals surface area contributed by atoms with Gasteiger partial charge in [-0.15, -0.1) is 0 Å². The molecule has 0 radical (unpaired) electrons. The van der Waals surface area contributed by atoms with Crippen molar-refractivity contribution in [2.45, 2.75) is 38.9 Å². The van der Waals surface area contributed by atoms with Crippen LogP contribution in [0, 0.1) is 13.8 Å². The van der Waals surface area contributed by atoms with Crippen LogP contribution < -0.4 is 4.74 Å². The van der Waals surface area contributed by atoms with Crippen LogP contribution in [-0.2, 0) is 4.74 Å². The molecule has 2 unspecified atom stereocenters. The van der Waals surface area contributed by atoms with Gasteiger partial charge in [-0.05, 0) is 43.9 Å². The zero-order chi connectivity index (χ0) is 13.3. The van der Waals surface area contributed by atoms with Gasteiger partial charge < -0.3 is 14.6 Å². The average molecular weight is 315 g/mol. The molecule has 1 aromatic carbocycles. The van der Waals surface area contributed by atoms with E-state index in [9.17, 15) is 5.11 Å². The smallest absolute Gasteiger partial charge is 0.128 e. The van der Waals surface area contributed by atoms with Crippen LogP contribution in [0.5, 0.6) is 5.75 Å². The molecule has 1 fully saturated rings. The molecule has 0 aromatic heterocycles. The molecule has 1 heterocycles. The number of hydrogen-bond acceptors (Lipinski definition) is 3. The minimum absolute atomic E-state index is 0.119. The first-order chi connectivity index (χ1) is 8.56. The third-order valence-electron chi connectivity index (χ3n) is 3.53. The van der Waals surface area contributed by atoms with Crippen LogP contribution >= 0.6 is 15.9 Å². The molecular formula is C14H19BrO3. The maximum absolute atomic E-state index is 10.5. The van der Waals surface area contributed by atoms with Gasteiger partial charge in [0.05, 0.1) is 13.2 Å². The van der Waals surface area contributed by atoms with Crippen molar-refractivity contribution in [2.75, 3.05) is 13.7 Å². The number of rotatable bonds is 3. The van der Waals surface area contributed by atoms with E-state index >= 15 is 0 Å². The number of aliphatic hydroxyl groups is 1. The third kappa shape index (κ3) is 2.42. The first-order valence-corrected chi connectivity index (χ1v) is 6.98. The van der Waals surface area contributed by atoms with Crippen molar-refractivity contribution in [3.05, 3.63) is 27.2 Å². The highest BCUT2D eigenvalue weighted by Gasteiger charge is 2.30. The Labute approximate surface area is 116 Å². The SMILES string of the molecule is COc1c(C)cc(Br)c(C)c1C(O)C1CCCO1. The molecule has 0 bridgehead atoms. The molecule has 4 heteroatoms. The fraction of sp³-hybridized carbons (Fsp3) is 0.571. The maximum Gasteiger partial charge on any atom is 0.128 e. The van der Waals surface area contributed by atoms with E-state index in [2.05, 4.69) is 15.9 Å². The summed E-state index contributed by atoms with van der Waals surface area (Å²) in [6.07, 6.45) is 1.16. The van der Waals surface area contributed by atoms with Crippen LogP contribution in [0.1, 0.15) is 35.6 Å². The van der Waals surface area contributed by atoms with Gasteiger partial charge in [-0.2, -0.15) is 0 Å². The third-order valence-corrected chi connectivity index (χ3v) is 4.35. The van der Waals surface area contributed by atoms with Crippen LogP contribution in [0.3, 0.4) is 0 Å². The lowest BCUT2D eigenvalue weighted by Gasteiger charge is -2.24. The van der Waals surface area contributed by atoms with Crippen molar-refractivity contribution >= 4 is 15.9 Å². The second kappa shape index (κ2) is 5.59. The number of ether oxygens (including phenoxy) is 2. The van der Waals surface area contributed by atoms with Crippen LogP contribution in [0.4, 0.5) is 0 Å². The van der Waals surface area contributed by atoms with Crippen molar-refractivity contribution < 1.29 is 14.6 Å². The summed E-state index contributed by atoms with van der Waals surface area (Å²) in [5.41, 5.74) is 2.87. The Bertz CT molecular complexity index is 439. The molecule has 1 aliphatic rings. The number of hydrogen-bond donors (Lipinski definition) is 1. The second-order valence-electron chi connectivity index (χ2n) is 4.74. The summed E-state index contributed by atoms with van der Waals surface area (Å²) >= 11 is 3.53. The Kier molecular flexibility index (Phi) is 4.30. The van der Waals surface area contributed by atoms with E-state index in [0.29, 0.717) is 0 Å². The van der Waals surface area contributed by atoms with Crippen LogP contribution in [0.15, 0.2) is 10.5 Å². The van der Waals surface area contributed by atoms with Crippen molar-refractivity contribution in [1.29, 1.82) is 0 Å². The lowest BCUT2D eigenvalue weighted by Crippen LogP contribution is -2.19. The predicted molar refractivity (Wildman–Crippen MR) is 74.1 cm³/mol. The van der Waals surface area contributed by atoms with Crippen molar-refractivity contribution in [1.82, 2.24) is 0 Å². The number of aliphatic hydroxyl groups excluding tert-OH is 1. The zero-order valence-corrected chi connectivity index (χ0v) is 12.6. The molecule has 1 aliphatic heterocycles. The van der Waals surface area contributed by atoms with Gasteiger partial charge >= 0.3 is 0 Å². The highest BCUT2D eigenvalue weighted by molar-refractivity contribution is 9.10. The van der Waals surface area contributed by atoms with E-state index in [1.165, 1.54) is 0 Å². The van der Waals surface area contributed by atoms with Crippen LogP contribution in [0.2, 0.25) is 0 Å². The summed E-state index contributed by atoms with van der Waals surface area (Å²) in [4.78, 5) is 0. The Morgan fingerprint density at radius 1 is 1.50 bits per heavy atom. The van der Waals surface area contributed by atoms with Gasteiger partial charge in [0.15, 0.2) is 0 Å². The normalized spacial score (nSPS) is 21.1. The molecule has 2 atom stereocenters. The number of benzene rings is 1. The molecule has 0 amide bonds. The molecule has 0 spiro atoms. The van der Waals surface area contributed by atoms with Gasteiger partial charge in [0.1, 0.15) is 11.9 Å². The molecule has 1 saturated heterocycles. The first-order valence-electron chi connectivity index (χ1n) is 6.19. The number of halogens is 1. The molecule has 18 heavy (non-hydrogen) atoms. The summed E-state index contributed by atoms with van der Waals surface area (Å²) in [6, 6.07) is 2.01. The fourth-order valence-corrected chi connectivity index (χ4v) is 3.10. The Morgan fingerprint density at radius 2 is 2.22 bits per heavy atom. The van der Waals surface area contributed by atoms with Gasteiger partial charge in [-0.3, -0.25) is 0 Å². The summed E-state index contributed by atoms with van der Waals surface area (Å²) in [5, 5.41) is 10.5. The molecule has 2 rings (SSSR count). The standard InChI is InChI=1S/C14H19BrO3/c1-8-7-10(15)9(2)12(14(8)17-3)13(16)11-5-4-6-18-11/h7,11,13,16H,4-6H2,1-3H3. The molecule has 1 N–H and O–H groups in total. The van der Waals surface area contributed by atoms with Crippen molar-refractivity contribution in [2.24, 2.45) is 0 Å². The fourth-order valence-electron chi connectivity index (χ4n) is 2.54. The molecule has 1 aromatic rings. The number of aryl methyl sites for hydroxylation is 1. The van der Waals surface area contributed by atoms with E-state index in [4.69, 9.17) is 9.47 Å². The van der Waals surface area contributed by atoms with Gasteiger partial charge in [-0.1, -0.05) is 15.9 Å². The lowest BCUT2D eigenvalue weighted by atomic mass is 9.95.